The van der Waals surface area contributed by atoms with Gasteiger partial charge in [-0.05, 0) is 28.7 Å². The van der Waals surface area contributed by atoms with Crippen molar-refractivity contribution in [1.82, 2.24) is 0 Å². The second kappa shape index (κ2) is 5.75. The van der Waals surface area contributed by atoms with Gasteiger partial charge in [0.25, 0.3) is 0 Å². The van der Waals surface area contributed by atoms with Crippen molar-refractivity contribution >= 4 is 12.0 Å². The molecule has 0 heterocycles. The van der Waals surface area contributed by atoms with Gasteiger partial charge in [0.15, 0.2) is 6.29 Å². The number of hydrogen-bond acceptors (Lipinski definition) is 4. The maximum Gasteiger partial charge on any atom is 0.312 e. The molecule has 5 nitrogen and oxygen atoms in total. The smallest absolute Gasteiger partial charge is 0.312 e. The predicted molar refractivity (Wildman–Crippen MR) is 79.7 cm³/mol. The van der Waals surface area contributed by atoms with E-state index in [4.69, 9.17) is 0 Å². The van der Waals surface area contributed by atoms with E-state index in [1.165, 1.54) is 12.1 Å². The van der Waals surface area contributed by atoms with E-state index < -0.39 is 16.4 Å². The maximum atomic E-state index is 10.9. The highest BCUT2D eigenvalue weighted by Crippen LogP contribution is 2.34. The first-order valence-corrected chi connectivity index (χ1v) is 6.51. The second-order valence-electron chi connectivity index (χ2n) is 5.08. The summed E-state index contributed by atoms with van der Waals surface area (Å²) in [6.45, 7) is 4.15. The number of rotatable bonds is 4. The molecule has 0 saturated carbocycles. The summed E-state index contributed by atoms with van der Waals surface area (Å²) in [5.41, 5.74) is 1.87. The number of nitrogens with zero attached hydrogens (tertiary/aromatic N) is 1. The molecule has 0 saturated heterocycles. The topological polar surface area (TPSA) is 80.4 Å². The number of nitro groups is 1. The highest BCUT2D eigenvalue weighted by molar-refractivity contribution is 5.86. The van der Waals surface area contributed by atoms with Crippen molar-refractivity contribution in [3.8, 4) is 16.9 Å². The SMILES string of the molecule is CC(C)c1ccc(-c2cc(C=O)c(O)c([N+](=O)[O-])c2)cc1. The average Bonchev–Trinajstić information content (AvgIpc) is 2.47. The number of aromatic hydroxyl groups is 1. The van der Waals surface area contributed by atoms with E-state index in [1.54, 1.807) is 0 Å². The van der Waals surface area contributed by atoms with Gasteiger partial charge in [-0.2, -0.15) is 0 Å². The van der Waals surface area contributed by atoms with Gasteiger partial charge in [0.2, 0.25) is 5.75 Å². The van der Waals surface area contributed by atoms with Gasteiger partial charge in [0.05, 0.1) is 10.5 Å². The Labute approximate surface area is 122 Å². The molecule has 0 aromatic heterocycles. The van der Waals surface area contributed by atoms with E-state index >= 15 is 0 Å². The lowest BCUT2D eigenvalue weighted by Gasteiger charge is -2.08. The molecule has 0 unspecified atom stereocenters. The fourth-order valence-electron chi connectivity index (χ4n) is 2.10. The van der Waals surface area contributed by atoms with Crippen molar-refractivity contribution in [1.29, 1.82) is 0 Å². The molecule has 0 spiro atoms. The average molecular weight is 285 g/mol. The van der Waals surface area contributed by atoms with Crippen LogP contribution in [0, 0.1) is 10.1 Å². The summed E-state index contributed by atoms with van der Waals surface area (Å²) < 4.78 is 0. The van der Waals surface area contributed by atoms with Crippen molar-refractivity contribution in [3.05, 3.63) is 57.6 Å². The van der Waals surface area contributed by atoms with Gasteiger partial charge in [-0.15, -0.1) is 0 Å². The van der Waals surface area contributed by atoms with Gasteiger partial charge < -0.3 is 5.11 Å². The number of hydrogen-bond donors (Lipinski definition) is 1. The quantitative estimate of drug-likeness (QED) is 0.524. The molecule has 21 heavy (non-hydrogen) atoms. The van der Waals surface area contributed by atoms with Crippen molar-refractivity contribution in [2.24, 2.45) is 0 Å². The van der Waals surface area contributed by atoms with Crippen molar-refractivity contribution in [2.75, 3.05) is 0 Å². The maximum absolute atomic E-state index is 10.9. The largest absolute Gasteiger partial charge is 0.502 e. The van der Waals surface area contributed by atoms with Crippen LogP contribution in [-0.4, -0.2) is 16.3 Å². The van der Waals surface area contributed by atoms with E-state index in [1.807, 2.05) is 24.3 Å². The summed E-state index contributed by atoms with van der Waals surface area (Å²) in [6.07, 6.45) is 0.411. The summed E-state index contributed by atoms with van der Waals surface area (Å²) in [5, 5.41) is 20.6. The molecular weight excluding hydrogens is 270 g/mol. The molecule has 1 N–H and O–H groups in total. The normalized spacial score (nSPS) is 10.6. The molecular formula is C16H15NO4. The summed E-state index contributed by atoms with van der Waals surface area (Å²) in [5.74, 6) is -0.212. The van der Waals surface area contributed by atoms with E-state index in [-0.39, 0.29) is 5.56 Å². The molecule has 0 aliphatic rings. The lowest BCUT2D eigenvalue weighted by Crippen LogP contribution is -1.94. The zero-order chi connectivity index (χ0) is 15.6. The monoisotopic (exact) mass is 285 g/mol. The standard InChI is InChI=1S/C16H15NO4/c1-10(2)11-3-5-12(6-4-11)13-7-14(9-18)16(19)15(8-13)17(20)21/h3-10,19H,1-2H3. The van der Waals surface area contributed by atoms with Gasteiger partial charge in [0.1, 0.15) is 0 Å². The lowest BCUT2D eigenvalue weighted by molar-refractivity contribution is -0.385. The molecule has 0 aliphatic carbocycles. The highest BCUT2D eigenvalue weighted by Gasteiger charge is 2.19. The first-order valence-electron chi connectivity index (χ1n) is 6.51. The van der Waals surface area contributed by atoms with Crippen LogP contribution in [-0.2, 0) is 0 Å². The molecule has 0 bridgehead atoms. The molecule has 2 aromatic rings. The molecule has 0 amide bonds. The molecule has 0 aliphatic heterocycles. The first-order chi connectivity index (χ1) is 9.93. The van der Waals surface area contributed by atoms with Crippen LogP contribution in [0.3, 0.4) is 0 Å². The molecule has 0 radical (unpaired) electrons. The minimum absolute atomic E-state index is 0.0906. The fourth-order valence-corrected chi connectivity index (χ4v) is 2.10. The van der Waals surface area contributed by atoms with Gasteiger partial charge in [-0.3, -0.25) is 14.9 Å². The minimum Gasteiger partial charge on any atom is -0.502 e. The van der Waals surface area contributed by atoms with Crippen LogP contribution >= 0.6 is 0 Å². The predicted octanol–water partition coefficient (Wildman–Crippen LogP) is 3.90. The van der Waals surface area contributed by atoms with Crippen LogP contribution in [0.2, 0.25) is 0 Å². The Balaban J connectivity index is 2.55. The summed E-state index contributed by atoms with van der Waals surface area (Å²) in [7, 11) is 0. The lowest BCUT2D eigenvalue weighted by atomic mass is 9.97. The van der Waals surface area contributed by atoms with E-state index in [0.29, 0.717) is 17.8 Å². The third kappa shape index (κ3) is 2.91. The first kappa shape index (κ1) is 14.7. The number of aldehydes is 1. The van der Waals surface area contributed by atoms with Crippen LogP contribution in [0.25, 0.3) is 11.1 Å². The fraction of sp³-hybridized carbons (Fsp3) is 0.188. The molecule has 108 valence electrons. The summed E-state index contributed by atoms with van der Waals surface area (Å²) in [4.78, 5) is 21.2. The van der Waals surface area contributed by atoms with Crippen molar-refractivity contribution < 1.29 is 14.8 Å². The summed E-state index contributed by atoms with van der Waals surface area (Å²) >= 11 is 0. The van der Waals surface area contributed by atoms with Gasteiger partial charge in [0, 0.05) is 6.07 Å². The van der Waals surface area contributed by atoms with Gasteiger partial charge in [-0.25, -0.2) is 0 Å². The van der Waals surface area contributed by atoms with Crippen molar-refractivity contribution in [2.45, 2.75) is 19.8 Å². The Hall–Kier alpha value is -2.69. The molecule has 0 fully saturated rings. The highest BCUT2D eigenvalue weighted by atomic mass is 16.6. The van der Waals surface area contributed by atoms with Crippen molar-refractivity contribution in [3.63, 3.8) is 0 Å². The number of phenolic OH excluding ortho intramolecular Hbond substituents is 1. The van der Waals surface area contributed by atoms with E-state index in [2.05, 4.69) is 13.8 Å². The van der Waals surface area contributed by atoms with E-state index in [9.17, 15) is 20.0 Å². The Kier molecular flexibility index (Phi) is 4.03. The van der Waals surface area contributed by atoms with Crippen LogP contribution in [0.4, 0.5) is 5.69 Å². The third-order valence-corrected chi connectivity index (χ3v) is 3.35. The Bertz CT molecular complexity index is 690. The number of carbonyl (C=O) groups excluding carboxylic acids is 1. The zero-order valence-corrected chi connectivity index (χ0v) is 11.7. The molecule has 2 aromatic carbocycles. The second-order valence-corrected chi connectivity index (χ2v) is 5.08. The van der Waals surface area contributed by atoms with Crippen LogP contribution in [0.15, 0.2) is 36.4 Å². The number of phenols is 1. The number of benzene rings is 2. The van der Waals surface area contributed by atoms with Gasteiger partial charge >= 0.3 is 5.69 Å². The minimum atomic E-state index is -0.700. The van der Waals surface area contributed by atoms with Crippen LogP contribution in [0.1, 0.15) is 35.7 Å². The van der Waals surface area contributed by atoms with E-state index in [0.717, 1.165) is 11.1 Å². The number of nitro benzene ring substituents is 1. The van der Waals surface area contributed by atoms with Crippen LogP contribution < -0.4 is 0 Å². The molecule has 5 heteroatoms. The zero-order valence-electron chi connectivity index (χ0n) is 11.7. The Morgan fingerprint density at radius 2 is 1.76 bits per heavy atom. The molecule has 0 atom stereocenters. The Morgan fingerprint density at radius 3 is 2.24 bits per heavy atom. The van der Waals surface area contributed by atoms with Crippen LogP contribution in [0.5, 0.6) is 5.75 Å². The third-order valence-electron chi connectivity index (χ3n) is 3.35. The summed E-state index contributed by atoms with van der Waals surface area (Å²) in [6, 6.07) is 10.3. The van der Waals surface area contributed by atoms with Gasteiger partial charge in [-0.1, -0.05) is 38.1 Å². The Morgan fingerprint density at radius 1 is 1.14 bits per heavy atom. The number of carbonyl (C=O) groups is 1. The molecule has 2 rings (SSSR count).